The molecule has 0 amide bonds. The van der Waals surface area contributed by atoms with Crippen LogP contribution in [0.5, 0.6) is 0 Å². The van der Waals surface area contributed by atoms with Crippen molar-refractivity contribution in [1.29, 1.82) is 0 Å². The summed E-state index contributed by atoms with van der Waals surface area (Å²) in [5.74, 6) is -0.0946. The molecule has 16 heavy (non-hydrogen) atoms. The van der Waals surface area contributed by atoms with Crippen molar-refractivity contribution in [2.24, 2.45) is 0 Å². The SMILES string of the molecule is C=C(C)CCCCCCCCCS(=O)(=O)O. The normalized spacial score (nSPS) is 11.6. The van der Waals surface area contributed by atoms with Gasteiger partial charge in [0.15, 0.2) is 0 Å². The zero-order chi connectivity index (χ0) is 12.4. The van der Waals surface area contributed by atoms with Crippen LogP contribution >= 0.6 is 0 Å². The Bertz CT molecular complexity index is 281. The zero-order valence-corrected chi connectivity index (χ0v) is 11.1. The van der Waals surface area contributed by atoms with Gasteiger partial charge in [-0.1, -0.05) is 37.7 Å². The standard InChI is InChI=1S/C12H24O3S/c1-12(2)10-8-6-4-3-5-7-9-11-16(13,14)15/h1,3-11H2,2H3,(H,13,14,15). The van der Waals surface area contributed by atoms with E-state index >= 15 is 0 Å². The van der Waals surface area contributed by atoms with E-state index in [1.165, 1.54) is 24.8 Å². The quantitative estimate of drug-likeness (QED) is 0.365. The van der Waals surface area contributed by atoms with E-state index in [1.807, 2.05) is 0 Å². The highest BCUT2D eigenvalue weighted by Gasteiger charge is 2.02. The minimum absolute atomic E-state index is 0.0946. The molecule has 0 heterocycles. The average molecular weight is 248 g/mol. The molecule has 0 aromatic heterocycles. The van der Waals surface area contributed by atoms with E-state index < -0.39 is 10.1 Å². The number of hydrogen-bond acceptors (Lipinski definition) is 2. The second-order valence-electron chi connectivity index (χ2n) is 4.47. The second kappa shape index (κ2) is 8.76. The molecule has 0 aliphatic heterocycles. The fourth-order valence-electron chi connectivity index (χ4n) is 1.60. The maximum Gasteiger partial charge on any atom is 0.264 e. The molecule has 1 N–H and O–H groups in total. The molecule has 0 bridgehead atoms. The summed E-state index contributed by atoms with van der Waals surface area (Å²) in [4.78, 5) is 0. The molecule has 0 aromatic rings. The summed E-state index contributed by atoms with van der Waals surface area (Å²) >= 11 is 0. The lowest BCUT2D eigenvalue weighted by Crippen LogP contribution is -2.03. The smallest absolute Gasteiger partial charge is 0.264 e. The summed E-state index contributed by atoms with van der Waals surface area (Å²) in [6.07, 6.45) is 8.43. The van der Waals surface area contributed by atoms with Gasteiger partial charge in [-0.3, -0.25) is 4.55 Å². The molecule has 0 radical (unpaired) electrons. The number of unbranched alkanes of at least 4 members (excludes halogenated alkanes) is 6. The Morgan fingerprint density at radius 2 is 1.44 bits per heavy atom. The van der Waals surface area contributed by atoms with Crippen LogP contribution in [0.25, 0.3) is 0 Å². The summed E-state index contributed by atoms with van der Waals surface area (Å²) in [6, 6.07) is 0. The summed E-state index contributed by atoms with van der Waals surface area (Å²) in [6.45, 7) is 5.91. The van der Waals surface area contributed by atoms with E-state index in [-0.39, 0.29) is 5.75 Å². The third kappa shape index (κ3) is 13.7. The summed E-state index contributed by atoms with van der Waals surface area (Å²) in [5.41, 5.74) is 1.24. The topological polar surface area (TPSA) is 54.4 Å². The Morgan fingerprint density at radius 1 is 1.00 bits per heavy atom. The van der Waals surface area contributed by atoms with Gasteiger partial charge in [0, 0.05) is 0 Å². The Balaban J connectivity index is 3.13. The lowest BCUT2D eigenvalue weighted by atomic mass is 10.1. The first-order valence-electron chi connectivity index (χ1n) is 6.01. The van der Waals surface area contributed by atoms with Crippen LogP contribution in [0.2, 0.25) is 0 Å². The molecule has 0 fully saturated rings. The van der Waals surface area contributed by atoms with Crippen LogP contribution in [0.3, 0.4) is 0 Å². The van der Waals surface area contributed by atoms with E-state index in [4.69, 9.17) is 4.55 Å². The Labute approximate surface area is 99.7 Å². The van der Waals surface area contributed by atoms with Gasteiger partial charge in [0.25, 0.3) is 10.1 Å². The molecule has 0 saturated heterocycles. The highest BCUT2D eigenvalue weighted by molar-refractivity contribution is 7.85. The second-order valence-corrected chi connectivity index (χ2v) is 6.04. The third-order valence-corrected chi connectivity index (χ3v) is 3.31. The van der Waals surface area contributed by atoms with E-state index in [9.17, 15) is 8.42 Å². The van der Waals surface area contributed by atoms with E-state index in [1.54, 1.807) is 0 Å². The van der Waals surface area contributed by atoms with Crippen LogP contribution in [0.4, 0.5) is 0 Å². The fourth-order valence-corrected chi connectivity index (χ4v) is 2.16. The van der Waals surface area contributed by atoms with E-state index in [0.29, 0.717) is 6.42 Å². The molecule has 0 aliphatic carbocycles. The van der Waals surface area contributed by atoms with Gasteiger partial charge in [0.05, 0.1) is 5.75 Å². The Morgan fingerprint density at radius 3 is 1.88 bits per heavy atom. The minimum Gasteiger partial charge on any atom is -0.286 e. The molecule has 0 spiro atoms. The lowest BCUT2D eigenvalue weighted by Gasteiger charge is -2.01. The summed E-state index contributed by atoms with van der Waals surface area (Å²) in [7, 11) is -3.74. The van der Waals surface area contributed by atoms with Crippen molar-refractivity contribution in [2.75, 3.05) is 5.75 Å². The largest absolute Gasteiger partial charge is 0.286 e. The highest BCUT2D eigenvalue weighted by atomic mass is 32.2. The lowest BCUT2D eigenvalue weighted by molar-refractivity contribution is 0.478. The average Bonchev–Trinajstić information content (AvgIpc) is 2.13. The molecule has 0 saturated carbocycles. The number of rotatable bonds is 10. The summed E-state index contributed by atoms with van der Waals surface area (Å²) < 4.78 is 29.3. The van der Waals surface area contributed by atoms with Gasteiger partial charge in [-0.15, -0.1) is 6.58 Å². The number of allylic oxidation sites excluding steroid dienone is 1. The zero-order valence-electron chi connectivity index (χ0n) is 10.2. The first kappa shape index (κ1) is 15.7. The van der Waals surface area contributed by atoms with Crippen LogP contribution in [-0.2, 0) is 10.1 Å². The fraction of sp³-hybridized carbons (Fsp3) is 0.833. The maximum atomic E-state index is 10.4. The van der Waals surface area contributed by atoms with Crippen LogP contribution < -0.4 is 0 Å². The molecule has 0 unspecified atom stereocenters. The van der Waals surface area contributed by atoms with Crippen LogP contribution in [-0.4, -0.2) is 18.7 Å². The molecule has 3 nitrogen and oxygen atoms in total. The maximum absolute atomic E-state index is 10.4. The van der Waals surface area contributed by atoms with Crippen molar-refractivity contribution < 1.29 is 13.0 Å². The monoisotopic (exact) mass is 248 g/mol. The minimum atomic E-state index is -3.74. The van der Waals surface area contributed by atoms with E-state index in [2.05, 4.69) is 13.5 Å². The Hall–Kier alpha value is -0.350. The molecule has 96 valence electrons. The molecule has 0 atom stereocenters. The van der Waals surface area contributed by atoms with Crippen molar-refractivity contribution in [3.05, 3.63) is 12.2 Å². The van der Waals surface area contributed by atoms with Crippen molar-refractivity contribution >= 4 is 10.1 Å². The van der Waals surface area contributed by atoms with Crippen molar-refractivity contribution in [2.45, 2.75) is 58.3 Å². The van der Waals surface area contributed by atoms with Crippen LogP contribution in [0.15, 0.2) is 12.2 Å². The molecule has 0 aromatic carbocycles. The van der Waals surface area contributed by atoms with Gasteiger partial charge in [-0.05, 0) is 26.2 Å². The molecular formula is C12H24O3S. The van der Waals surface area contributed by atoms with Crippen molar-refractivity contribution in [3.63, 3.8) is 0 Å². The highest BCUT2D eigenvalue weighted by Crippen LogP contribution is 2.11. The predicted molar refractivity (Wildman–Crippen MR) is 68.2 cm³/mol. The van der Waals surface area contributed by atoms with Crippen LogP contribution in [0.1, 0.15) is 58.3 Å². The van der Waals surface area contributed by atoms with Gasteiger partial charge in [0.1, 0.15) is 0 Å². The molecule has 0 aliphatic rings. The van der Waals surface area contributed by atoms with Gasteiger partial charge in [0.2, 0.25) is 0 Å². The number of hydrogen-bond donors (Lipinski definition) is 1. The van der Waals surface area contributed by atoms with E-state index in [0.717, 1.165) is 25.7 Å². The van der Waals surface area contributed by atoms with Gasteiger partial charge in [-0.25, -0.2) is 0 Å². The third-order valence-electron chi connectivity index (χ3n) is 2.51. The first-order valence-corrected chi connectivity index (χ1v) is 7.62. The first-order chi connectivity index (χ1) is 7.42. The van der Waals surface area contributed by atoms with Gasteiger partial charge < -0.3 is 0 Å². The molecule has 4 heteroatoms. The van der Waals surface area contributed by atoms with Gasteiger partial charge in [-0.2, -0.15) is 8.42 Å². The van der Waals surface area contributed by atoms with Crippen molar-refractivity contribution in [3.8, 4) is 0 Å². The summed E-state index contributed by atoms with van der Waals surface area (Å²) in [5, 5.41) is 0. The van der Waals surface area contributed by atoms with Gasteiger partial charge >= 0.3 is 0 Å². The molecular weight excluding hydrogens is 224 g/mol. The predicted octanol–water partition coefficient (Wildman–Crippen LogP) is 3.57. The molecule has 0 rings (SSSR count). The van der Waals surface area contributed by atoms with Crippen molar-refractivity contribution in [1.82, 2.24) is 0 Å². The Kier molecular flexibility index (Phi) is 8.57. The van der Waals surface area contributed by atoms with Crippen LogP contribution in [0, 0.1) is 0 Å².